The number of rotatable bonds is 2. The molecule has 3 heteroatoms. The highest BCUT2D eigenvalue weighted by atomic mass is 15.3. The topological polar surface area (TPSA) is 27.6 Å². The average Bonchev–Trinajstić information content (AvgIpc) is 2.44. The Morgan fingerprint density at radius 3 is 2.79 bits per heavy atom. The van der Waals surface area contributed by atoms with Crippen LogP contribution in [-0.4, -0.2) is 36.5 Å². The van der Waals surface area contributed by atoms with Crippen molar-refractivity contribution < 1.29 is 0 Å². The normalized spacial score (nSPS) is 18.1. The zero-order valence-corrected chi connectivity index (χ0v) is 9.93. The van der Waals surface area contributed by atoms with Gasteiger partial charge in [0.2, 0.25) is 0 Å². The van der Waals surface area contributed by atoms with Crippen molar-refractivity contribution >= 4 is 5.96 Å². The van der Waals surface area contributed by atoms with E-state index in [4.69, 9.17) is 0 Å². The number of guanidine groups is 1. The highest BCUT2D eigenvalue weighted by molar-refractivity contribution is 5.80. The summed E-state index contributed by atoms with van der Waals surface area (Å²) in [7, 11) is 2.13. The minimum Gasteiger partial charge on any atom is -0.356 e. The first-order valence-corrected chi connectivity index (χ1v) is 5.60. The van der Waals surface area contributed by atoms with E-state index in [2.05, 4.69) is 43.0 Å². The Morgan fingerprint density at radius 1 is 1.43 bits per heavy atom. The lowest BCUT2D eigenvalue weighted by molar-refractivity contribution is 0.239. The molecule has 1 heterocycles. The van der Waals surface area contributed by atoms with Crippen LogP contribution < -0.4 is 5.32 Å². The van der Waals surface area contributed by atoms with E-state index in [1.807, 2.05) is 0 Å². The van der Waals surface area contributed by atoms with E-state index >= 15 is 0 Å². The van der Waals surface area contributed by atoms with Gasteiger partial charge in [-0.3, -0.25) is 4.99 Å². The predicted molar refractivity (Wildman–Crippen MR) is 61.7 cm³/mol. The van der Waals surface area contributed by atoms with E-state index in [-0.39, 0.29) is 5.54 Å². The molecule has 0 amide bonds. The first kappa shape index (κ1) is 11.3. The number of nitrogens with zero attached hydrogens (tertiary/aromatic N) is 2. The molecule has 0 aromatic rings. The van der Waals surface area contributed by atoms with Crippen LogP contribution in [0.25, 0.3) is 0 Å². The highest BCUT2D eigenvalue weighted by Gasteiger charge is 2.24. The van der Waals surface area contributed by atoms with Gasteiger partial charge in [0, 0.05) is 25.7 Å². The van der Waals surface area contributed by atoms with Crippen molar-refractivity contribution in [2.24, 2.45) is 4.99 Å². The summed E-state index contributed by atoms with van der Waals surface area (Å²) < 4.78 is 0. The first-order chi connectivity index (χ1) is 6.58. The Kier molecular flexibility index (Phi) is 3.78. The summed E-state index contributed by atoms with van der Waals surface area (Å²) in [6.45, 7) is 8.74. The van der Waals surface area contributed by atoms with Gasteiger partial charge in [-0.2, -0.15) is 0 Å². The third-order valence-corrected chi connectivity index (χ3v) is 3.22. The van der Waals surface area contributed by atoms with Gasteiger partial charge in [-0.25, -0.2) is 0 Å². The van der Waals surface area contributed by atoms with Gasteiger partial charge >= 0.3 is 0 Å². The van der Waals surface area contributed by atoms with Crippen molar-refractivity contribution in [3.05, 3.63) is 0 Å². The standard InChI is InChI=1S/C11H23N3/c1-5-11(2,3)14(4)10-12-8-6-7-9-13-10/h5-9H2,1-4H3,(H,12,13). The van der Waals surface area contributed by atoms with Crippen LogP contribution in [0.2, 0.25) is 0 Å². The van der Waals surface area contributed by atoms with Crippen LogP contribution in [0.3, 0.4) is 0 Å². The van der Waals surface area contributed by atoms with Gasteiger partial charge in [0.25, 0.3) is 0 Å². The molecule has 0 atom stereocenters. The molecule has 1 aliphatic heterocycles. The quantitative estimate of drug-likeness (QED) is 0.731. The SMILES string of the molecule is CCC(C)(C)N(C)C1=NCCCCN1. The Hall–Kier alpha value is -0.730. The zero-order chi connectivity index (χ0) is 10.6. The molecule has 0 unspecified atom stereocenters. The lowest BCUT2D eigenvalue weighted by Crippen LogP contribution is -2.50. The predicted octanol–water partition coefficient (Wildman–Crippen LogP) is 1.85. The van der Waals surface area contributed by atoms with E-state index in [1.54, 1.807) is 0 Å². The van der Waals surface area contributed by atoms with Crippen LogP contribution in [-0.2, 0) is 0 Å². The van der Waals surface area contributed by atoms with Crippen LogP contribution >= 0.6 is 0 Å². The third kappa shape index (κ3) is 2.63. The van der Waals surface area contributed by atoms with Crippen molar-refractivity contribution in [1.82, 2.24) is 10.2 Å². The van der Waals surface area contributed by atoms with Gasteiger partial charge in [-0.1, -0.05) is 6.92 Å². The van der Waals surface area contributed by atoms with Crippen LogP contribution in [0.15, 0.2) is 4.99 Å². The lowest BCUT2D eigenvalue weighted by Gasteiger charge is -2.37. The average molecular weight is 197 g/mol. The fraction of sp³-hybridized carbons (Fsp3) is 0.909. The van der Waals surface area contributed by atoms with Crippen LogP contribution in [0, 0.1) is 0 Å². The number of aliphatic imine (C=N–C) groups is 1. The number of hydrogen-bond donors (Lipinski definition) is 1. The summed E-state index contributed by atoms with van der Waals surface area (Å²) in [6.07, 6.45) is 3.56. The summed E-state index contributed by atoms with van der Waals surface area (Å²) in [6, 6.07) is 0. The molecule has 1 N–H and O–H groups in total. The van der Waals surface area contributed by atoms with Crippen LogP contribution in [0.5, 0.6) is 0 Å². The number of hydrogen-bond acceptors (Lipinski definition) is 3. The fourth-order valence-corrected chi connectivity index (χ4v) is 1.43. The minimum atomic E-state index is 0.191. The molecule has 0 aromatic heterocycles. The van der Waals surface area contributed by atoms with Gasteiger partial charge in [0.15, 0.2) is 5.96 Å². The smallest absolute Gasteiger partial charge is 0.194 e. The van der Waals surface area contributed by atoms with Crippen molar-refractivity contribution in [3.63, 3.8) is 0 Å². The van der Waals surface area contributed by atoms with Gasteiger partial charge in [-0.05, 0) is 33.1 Å². The molecule has 0 fully saturated rings. The molecule has 0 saturated carbocycles. The second kappa shape index (κ2) is 4.67. The lowest BCUT2D eigenvalue weighted by atomic mass is 10.0. The molecule has 1 rings (SSSR count). The molecule has 0 bridgehead atoms. The molecule has 82 valence electrons. The molecular formula is C11H23N3. The molecule has 0 saturated heterocycles. The summed E-state index contributed by atoms with van der Waals surface area (Å²) >= 11 is 0. The minimum absolute atomic E-state index is 0.191. The molecule has 14 heavy (non-hydrogen) atoms. The summed E-state index contributed by atoms with van der Waals surface area (Å²) in [5.74, 6) is 1.06. The van der Waals surface area contributed by atoms with Gasteiger partial charge in [-0.15, -0.1) is 0 Å². The third-order valence-electron chi connectivity index (χ3n) is 3.22. The van der Waals surface area contributed by atoms with E-state index in [1.165, 1.54) is 12.8 Å². The maximum atomic E-state index is 4.57. The second-order valence-electron chi connectivity index (χ2n) is 4.56. The summed E-state index contributed by atoms with van der Waals surface area (Å²) in [5.41, 5.74) is 0.191. The molecule has 0 radical (unpaired) electrons. The van der Waals surface area contributed by atoms with Crippen molar-refractivity contribution in [1.29, 1.82) is 0 Å². The molecule has 0 spiro atoms. The Balaban J connectivity index is 2.66. The fourth-order valence-electron chi connectivity index (χ4n) is 1.43. The number of nitrogens with one attached hydrogen (secondary N) is 1. The second-order valence-corrected chi connectivity index (χ2v) is 4.56. The van der Waals surface area contributed by atoms with Gasteiger partial charge < -0.3 is 10.2 Å². The maximum Gasteiger partial charge on any atom is 0.194 e. The molecule has 0 aromatic carbocycles. The Labute approximate surface area is 87.6 Å². The Morgan fingerprint density at radius 2 is 2.14 bits per heavy atom. The highest BCUT2D eigenvalue weighted by Crippen LogP contribution is 2.16. The van der Waals surface area contributed by atoms with Gasteiger partial charge in [0.1, 0.15) is 0 Å². The van der Waals surface area contributed by atoms with Crippen molar-refractivity contribution in [3.8, 4) is 0 Å². The molecule has 3 nitrogen and oxygen atoms in total. The van der Waals surface area contributed by atoms with E-state index in [0.717, 1.165) is 25.5 Å². The summed E-state index contributed by atoms with van der Waals surface area (Å²) in [5, 5.41) is 3.40. The molecule has 1 aliphatic rings. The van der Waals surface area contributed by atoms with Gasteiger partial charge in [0.05, 0.1) is 0 Å². The largest absolute Gasteiger partial charge is 0.356 e. The molecule has 0 aliphatic carbocycles. The van der Waals surface area contributed by atoms with E-state index in [9.17, 15) is 0 Å². The first-order valence-electron chi connectivity index (χ1n) is 5.60. The van der Waals surface area contributed by atoms with E-state index in [0.29, 0.717) is 0 Å². The van der Waals surface area contributed by atoms with Crippen molar-refractivity contribution in [2.75, 3.05) is 20.1 Å². The zero-order valence-electron chi connectivity index (χ0n) is 9.93. The Bertz CT molecular complexity index is 209. The molecular weight excluding hydrogens is 174 g/mol. The monoisotopic (exact) mass is 197 g/mol. The maximum absolute atomic E-state index is 4.57. The van der Waals surface area contributed by atoms with Crippen molar-refractivity contribution in [2.45, 2.75) is 45.6 Å². The van der Waals surface area contributed by atoms with Crippen LogP contribution in [0.1, 0.15) is 40.0 Å². The van der Waals surface area contributed by atoms with E-state index < -0.39 is 0 Å². The van der Waals surface area contributed by atoms with Crippen LogP contribution in [0.4, 0.5) is 0 Å². The summed E-state index contributed by atoms with van der Waals surface area (Å²) in [4.78, 5) is 6.83.